The molecule has 3 N–H and O–H groups in total. The van der Waals surface area contributed by atoms with Gasteiger partial charge in [0.1, 0.15) is 0 Å². The van der Waals surface area contributed by atoms with E-state index in [0.29, 0.717) is 23.4 Å². The molecule has 2 atom stereocenters. The van der Waals surface area contributed by atoms with Gasteiger partial charge in [0.05, 0.1) is 20.3 Å². The van der Waals surface area contributed by atoms with Gasteiger partial charge in [0, 0.05) is 22.7 Å². The summed E-state index contributed by atoms with van der Waals surface area (Å²) in [5.41, 5.74) is 8.06. The largest absolute Gasteiger partial charge is 0.493 e. The monoisotopic (exact) mass is 345 g/mol. The number of anilines is 1. The molecule has 0 spiro atoms. The Morgan fingerprint density at radius 1 is 1.12 bits per heavy atom. The van der Waals surface area contributed by atoms with Crippen molar-refractivity contribution in [2.45, 2.75) is 18.4 Å². The second-order valence-corrected chi connectivity index (χ2v) is 6.11. The van der Waals surface area contributed by atoms with E-state index >= 15 is 0 Å². The number of ether oxygens (including phenoxy) is 2. The van der Waals surface area contributed by atoms with Crippen molar-refractivity contribution in [2.75, 3.05) is 19.5 Å². The molecule has 1 aliphatic carbocycles. The van der Waals surface area contributed by atoms with E-state index in [1.54, 1.807) is 14.2 Å². The zero-order valence-electron chi connectivity index (χ0n) is 13.6. The lowest BCUT2D eigenvalue weighted by molar-refractivity contribution is 0.355. The van der Waals surface area contributed by atoms with Gasteiger partial charge in [-0.05, 0) is 36.2 Å². The summed E-state index contributed by atoms with van der Waals surface area (Å²) in [5.74, 6) is 2.11. The molecule has 3 rings (SSSR count). The average Bonchev–Trinajstić information content (AvgIpc) is 3.34. The summed E-state index contributed by atoms with van der Waals surface area (Å²) in [5, 5.41) is 3.84. The summed E-state index contributed by atoms with van der Waals surface area (Å²) in [6.45, 7) is 0. The van der Waals surface area contributed by atoms with Crippen LogP contribution in [0.3, 0.4) is 0 Å². The van der Waals surface area contributed by atoms with Crippen LogP contribution in [0.15, 0.2) is 47.5 Å². The average molecular weight is 346 g/mol. The Morgan fingerprint density at radius 2 is 1.83 bits per heavy atom. The number of nitrogens with two attached hydrogens (primary N) is 1. The molecule has 1 saturated carbocycles. The van der Waals surface area contributed by atoms with Crippen LogP contribution in [0.25, 0.3) is 0 Å². The maximum atomic E-state index is 6.02. The van der Waals surface area contributed by atoms with Crippen LogP contribution < -0.4 is 20.5 Å². The second kappa shape index (κ2) is 7.01. The summed E-state index contributed by atoms with van der Waals surface area (Å²) in [6, 6.07) is 13.6. The SMILES string of the molecule is COc1ccc(NC(N)=N[C@@H]2C[C@H]2c2ccc(Cl)cc2)cc1OC. The molecule has 0 saturated heterocycles. The molecule has 24 heavy (non-hydrogen) atoms. The number of rotatable bonds is 5. The summed E-state index contributed by atoms with van der Waals surface area (Å²) in [4.78, 5) is 4.54. The first-order valence-electron chi connectivity index (χ1n) is 7.68. The molecule has 0 bridgehead atoms. The van der Waals surface area contributed by atoms with Gasteiger partial charge < -0.3 is 20.5 Å². The number of nitrogens with zero attached hydrogens (tertiary/aromatic N) is 1. The third-order valence-corrected chi connectivity index (χ3v) is 4.27. The molecule has 0 amide bonds. The topological polar surface area (TPSA) is 68.9 Å². The van der Waals surface area contributed by atoms with Crippen molar-refractivity contribution in [1.82, 2.24) is 0 Å². The zero-order chi connectivity index (χ0) is 17.1. The highest BCUT2D eigenvalue weighted by Gasteiger charge is 2.38. The van der Waals surface area contributed by atoms with Gasteiger partial charge in [0.15, 0.2) is 17.5 Å². The van der Waals surface area contributed by atoms with Gasteiger partial charge in [-0.25, -0.2) is 4.99 Å². The van der Waals surface area contributed by atoms with Gasteiger partial charge in [-0.3, -0.25) is 0 Å². The molecular formula is C18H20ClN3O2. The standard InChI is InChI=1S/C18H20ClN3O2/c1-23-16-8-7-13(9-17(16)24-2)21-18(20)22-15-10-14(15)11-3-5-12(19)6-4-11/h3-9,14-15H,10H2,1-2H3,(H3,20,21,22)/t14-,15+/m0/s1. The Morgan fingerprint density at radius 3 is 2.50 bits per heavy atom. The first-order valence-corrected chi connectivity index (χ1v) is 8.06. The lowest BCUT2D eigenvalue weighted by Gasteiger charge is -2.11. The minimum atomic E-state index is 0.207. The Kier molecular flexibility index (Phi) is 4.81. The second-order valence-electron chi connectivity index (χ2n) is 5.67. The fourth-order valence-corrected chi connectivity index (χ4v) is 2.79. The fourth-order valence-electron chi connectivity index (χ4n) is 2.67. The van der Waals surface area contributed by atoms with Crippen molar-refractivity contribution in [2.24, 2.45) is 10.7 Å². The van der Waals surface area contributed by atoms with Gasteiger partial charge >= 0.3 is 0 Å². The minimum Gasteiger partial charge on any atom is -0.493 e. The molecule has 1 aliphatic rings. The Balaban J connectivity index is 1.64. The van der Waals surface area contributed by atoms with Crippen LogP contribution in [0.5, 0.6) is 11.5 Å². The first-order chi connectivity index (χ1) is 11.6. The molecule has 2 aromatic carbocycles. The van der Waals surface area contributed by atoms with E-state index in [1.807, 2.05) is 42.5 Å². The van der Waals surface area contributed by atoms with Gasteiger partial charge in [0.2, 0.25) is 0 Å². The Bertz CT molecular complexity index is 746. The van der Waals surface area contributed by atoms with Crippen molar-refractivity contribution in [3.63, 3.8) is 0 Å². The number of benzene rings is 2. The fraction of sp³-hybridized carbons (Fsp3) is 0.278. The van der Waals surface area contributed by atoms with Crippen molar-refractivity contribution in [3.05, 3.63) is 53.1 Å². The summed E-state index contributed by atoms with van der Waals surface area (Å²) in [7, 11) is 3.20. The molecule has 0 aromatic heterocycles. The van der Waals surface area contributed by atoms with Crippen LogP contribution in [-0.4, -0.2) is 26.2 Å². The molecule has 0 heterocycles. The number of guanidine groups is 1. The molecule has 126 valence electrons. The smallest absolute Gasteiger partial charge is 0.193 e. The van der Waals surface area contributed by atoms with Gasteiger partial charge in [-0.2, -0.15) is 0 Å². The zero-order valence-corrected chi connectivity index (χ0v) is 14.4. The molecule has 5 nitrogen and oxygen atoms in total. The molecular weight excluding hydrogens is 326 g/mol. The van der Waals surface area contributed by atoms with E-state index < -0.39 is 0 Å². The van der Waals surface area contributed by atoms with E-state index in [9.17, 15) is 0 Å². The molecule has 2 aromatic rings. The minimum absolute atomic E-state index is 0.207. The predicted octanol–water partition coefficient (Wildman–Crippen LogP) is 3.64. The van der Waals surface area contributed by atoms with Crippen molar-refractivity contribution < 1.29 is 9.47 Å². The highest BCUT2D eigenvalue weighted by molar-refractivity contribution is 6.30. The maximum absolute atomic E-state index is 6.02. The third-order valence-electron chi connectivity index (χ3n) is 4.02. The first kappa shape index (κ1) is 16.5. The number of hydrogen-bond acceptors (Lipinski definition) is 3. The third kappa shape index (κ3) is 3.74. The quantitative estimate of drug-likeness (QED) is 0.641. The molecule has 1 fully saturated rings. The lowest BCUT2D eigenvalue weighted by atomic mass is 10.1. The number of hydrogen-bond donors (Lipinski definition) is 2. The summed E-state index contributed by atoms with van der Waals surface area (Å²) >= 11 is 5.92. The predicted molar refractivity (Wildman–Crippen MR) is 97.4 cm³/mol. The van der Waals surface area contributed by atoms with Gasteiger partial charge in [-0.1, -0.05) is 23.7 Å². The molecule has 6 heteroatoms. The van der Waals surface area contributed by atoms with E-state index in [1.165, 1.54) is 5.56 Å². The Hall–Kier alpha value is -2.40. The van der Waals surface area contributed by atoms with E-state index in [2.05, 4.69) is 10.3 Å². The van der Waals surface area contributed by atoms with Crippen LogP contribution in [0.1, 0.15) is 17.9 Å². The van der Waals surface area contributed by atoms with Gasteiger partial charge in [0.25, 0.3) is 0 Å². The normalized spacial score (nSPS) is 19.7. The van der Waals surface area contributed by atoms with E-state index in [4.69, 9.17) is 26.8 Å². The number of halogens is 1. The van der Waals surface area contributed by atoms with Crippen LogP contribution in [0, 0.1) is 0 Å². The number of methoxy groups -OCH3 is 2. The van der Waals surface area contributed by atoms with Crippen LogP contribution >= 0.6 is 11.6 Å². The van der Waals surface area contributed by atoms with Crippen molar-refractivity contribution in [3.8, 4) is 11.5 Å². The molecule has 0 unspecified atom stereocenters. The van der Waals surface area contributed by atoms with E-state index in [-0.39, 0.29) is 6.04 Å². The highest BCUT2D eigenvalue weighted by atomic mass is 35.5. The summed E-state index contributed by atoms with van der Waals surface area (Å²) < 4.78 is 10.5. The number of aliphatic imine (C=N–C) groups is 1. The van der Waals surface area contributed by atoms with Crippen molar-refractivity contribution in [1.29, 1.82) is 0 Å². The van der Waals surface area contributed by atoms with Crippen molar-refractivity contribution >= 4 is 23.2 Å². The van der Waals surface area contributed by atoms with Gasteiger partial charge in [-0.15, -0.1) is 0 Å². The van der Waals surface area contributed by atoms with Crippen LogP contribution in [0.2, 0.25) is 5.02 Å². The highest BCUT2D eigenvalue weighted by Crippen LogP contribution is 2.43. The number of nitrogens with one attached hydrogen (secondary N) is 1. The van der Waals surface area contributed by atoms with Crippen LogP contribution in [0.4, 0.5) is 5.69 Å². The molecule has 0 aliphatic heterocycles. The maximum Gasteiger partial charge on any atom is 0.193 e. The van der Waals surface area contributed by atoms with Crippen LogP contribution in [-0.2, 0) is 0 Å². The van der Waals surface area contributed by atoms with E-state index in [0.717, 1.165) is 17.1 Å². The Labute approximate surface area is 146 Å². The molecule has 0 radical (unpaired) electrons. The summed E-state index contributed by atoms with van der Waals surface area (Å²) in [6.07, 6.45) is 0.996. The lowest BCUT2D eigenvalue weighted by Crippen LogP contribution is -2.23.